The summed E-state index contributed by atoms with van der Waals surface area (Å²) in [6.45, 7) is 8.78. The van der Waals surface area contributed by atoms with Crippen molar-refractivity contribution in [3.8, 4) is 0 Å². The fourth-order valence-electron chi connectivity index (χ4n) is 2.07. The number of halogens is 1. The highest BCUT2D eigenvalue weighted by atomic mass is 19.1. The maximum absolute atomic E-state index is 13.7. The lowest BCUT2D eigenvalue weighted by Gasteiger charge is -2.30. The zero-order chi connectivity index (χ0) is 13.2. The normalized spacial score (nSPS) is 13.6. The number of rotatable bonds is 3. The molecule has 2 nitrogen and oxygen atoms in total. The fraction of sp³-hybridized carbons (Fsp3) is 0.571. The first-order valence-corrected chi connectivity index (χ1v) is 5.90. The van der Waals surface area contributed by atoms with Gasteiger partial charge in [0.05, 0.1) is 6.10 Å². The zero-order valence-corrected chi connectivity index (χ0v) is 11.3. The van der Waals surface area contributed by atoms with E-state index < -0.39 is 6.10 Å². The average Bonchev–Trinajstić information content (AvgIpc) is 2.13. The quantitative estimate of drug-likeness (QED) is 0.874. The lowest BCUT2D eigenvalue weighted by molar-refractivity contribution is 0.194. The van der Waals surface area contributed by atoms with E-state index in [1.807, 2.05) is 18.0 Å². The van der Waals surface area contributed by atoms with E-state index in [0.717, 1.165) is 12.2 Å². The molecule has 0 bridgehead atoms. The second-order valence-electron chi connectivity index (χ2n) is 5.77. The van der Waals surface area contributed by atoms with Crippen LogP contribution >= 0.6 is 0 Å². The van der Waals surface area contributed by atoms with Crippen LogP contribution in [-0.2, 0) is 0 Å². The third kappa shape index (κ3) is 3.70. The van der Waals surface area contributed by atoms with Gasteiger partial charge in [-0.2, -0.15) is 0 Å². The van der Waals surface area contributed by atoms with Crippen molar-refractivity contribution in [2.45, 2.75) is 33.8 Å². The summed E-state index contributed by atoms with van der Waals surface area (Å²) in [6.07, 6.45) is -0.798. The van der Waals surface area contributed by atoms with Crippen molar-refractivity contribution in [1.29, 1.82) is 0 Å². The first kappa shape index (κ1) is 14.0. The van der Waals surface area contributed by atoms with Crippen LogP contribution < -0.4 is 4.90 Å². The Kier molecular flexibility index (Phi) is 4.15. The van der Waals surface area contributed by atoms with Gasteiger partial charge in [0.15, 0.2) is 0 Å². The van der Waals surface area contributed by atoms with E-state index in [1.165, 1.54) is 6.07 Å². The molecule has 1 aromatic carbocycles. The second-order valence-corrected chi connectivity index (χ2v) is 5.77. The van der Waals surface area contributed by atoms with E-state index in [1.54, 1.807) is 13.0 Å². The Morgan fingerprint density at radius 3 is 2.41 bits per heavy atom. The monoisotopic (exact) mass is 239 g/mol. The molecule has 3 heteroatoms. The predicted molar refractivity (Wildman–Crippen MR) is 69.8 cm³/mol. The van der Waals surface area contributed by atoms with Crippen LogP contribution in [0, 0.1) is 11.2 Å². The number of hydrogen-bond donors (Lipinski definition) is 1. The molecule has 0 aliphatic heterocycles. The predicted octanol–water partition coefficient (Wildman–Crippen LogP) is 3.36. The first-order valence-electron chi connectivity index (χ1n) is 5.90. The van der Waals surface area contributed by atoms with Gasteiger partial charge in [0.25, 0.3) is 0 Å². The van der Waals surface area contributed by atoms with Gasteiger partial charge in [0.2, 0.25) is 0 Å². The molecular formula is C14H22FNO. The van der Waals surface area contributed by atoms with Crippen LogP contribution in [0.5, 0.6) is 0 Å². The highest BCUT2D eigenvalue weighted by molar-refractivity contribution is 5.54. The summed E-state index contributed by atoms with van der Waals surface area (Å²) < 4.78 is 13.7. The van der Waals surface area contributed by atoms with Crippen LogP contribution in [0.25, 0.3) is 0 Å². The summed E-state index contributed by atoms with van der Waals surface area (Å²) in [5.41, 5.74) is 1.26. The minimum atomic E-state index is -0.798. The molecule has 0 radical (unpaired) electrons. The maximum Gasteiger partial charge on any atom is 0.131 e. The largest absolute Gasteiger partial charge is 0.389 e. The molecule has 0 fully saturated rings. The Hall–Kier alpha value is -1.09. The van der Waals surface area contributed by atoms with E-state index in [4.69, 9.17) is 0 Å². The molecule has 17 heavy (non-hydrogen) atoms. The van der Waals surface area contributed by atoms with Crippen LogP contribution in [0.4, 0.5) is 10.1 Å². The molecule has 0 aromatic heterocycles. The van der Waals surface area contributed by atoms with Crippen molar-refractivity contribution in [2.75, 3.05) is 18.5 Å². The summed E-state index contributed by atoms with van der Waals surface area (Å²) in [5, 5.41) is 9.67. The van der Waals surface area contributed by atoms with Crippen LogP contribution in [0.15, 0.2) is 18.2 Å². The SMILES string of the molecule is C[C@@H](O)c1c(F)cccc1N(C)CC(C)(C)C. The third-order valence-electron chi connectivity index (χ3n) is 2.57. The Bertz CT molecular complexity index is 382. The van der Waals surface area contributed by atoms with Crippen LogP contribution in [0.2, 0.25) is 0 Å². The van der Waals surface area contributed by atoms with Crippen LogP contribution in [-0.4, -0.2) is 18.7 Å². The van der Waals surface area contributed by atoms with Crippen LogP contribution in [0.1, 0.15) is 39.4 Å². The molecule has 1 N–H and O–H groups in total. The molecule has 0 spiro atoms. The van der Waals surface area contributed by atoms with Gasteiger partial charge in [0, 0.05) is 24.8 Å². The van der Waals surface area contributed by atoms with Crippen molar-refractivity contribution in [2.24, 2.45) is 5.41 Å². The molecule has 0 heterocycles. The summed E-state index contributed by atoms with van der Waals surface area (Å²) in [5.74, 6) is -0.349. The van der Waals surface area contributed by atoms with E-state index in [2.05, 4.69) is 20.8 Å². The number of anilines is 1. The summed E-state index contributed by atoms with van der Waals surface area (Å²) >= 11 is 0. The smallest absolute Gasteiger partial charge is 0.131 e. The number of hydrogen-bond acceptors (Lipinski definition) is 2. The Morgan fingerprint density at radius 2 is 1.94 bits per heavy atom. The molecule has 0 aliphatic carbocycles. The number of aliphatic hydroxyl groups excluding tert-OH is 1. The van der Waals surface area contributed by atoms with Gasteiger partial charge in [-0.25, -0.2) is 4.39 Å². The summed E-state index contributed by atoms with van der Waals surface area (Å²) in [7, 11) is 1.92. The molecular weight excluding hydrogens is 217 g/mol. The van der Waals surface area contributed by atoms with E-state index >= 15 is 0 Å². The molecule has 0 saturated heterocycles. The molecule has 1 aromatic rings. The van der Waals surface area contributed by atoms with Crippen molar-refractivity contribution < 1.29 is 9.50 Å². The summed E-state index contributed by atoms with van der Waals surface area (Å²) in [4.78, 5) is 1.99. The van der Waals surface area contributed by atoms with E-state index in [0.29, 0.717) is 5.56 Å². The fourth-order valence-corrected chi connectivity index (χ4v) is 2.07. The van der Waals surface area contributed by atoms with Crippen molar-refractivity contribution in [3.05, 3.63) is 29.6 Å². The molecule has 0 amide bonds. The molecule has 0 unspecified atom stereocenters. The summed E-state index contributed by atoms with van der Waals surface area (Å²) in [6, 6.07) is 4.91. The lowest BCUT2D eigenvalue weighted by Crippen LogP contribution is -2.30. The molecule has 1 rings (SSSR count). The van der Waals surface area contributed by atoms with Gasteiger partial charge in [-0.15, -0.1) is 0 Å². The van der Waals surface area contributed by atoms with Crippen molar-refractivity contribution in [1.82, 2.24) is 0 Å². The molecule has 0 saturated carbocycles. The lowest BCUT2D eigenvalue weighted by atomic mass is 9.95. The minimum Gasteiger partial charge on any atom is -0.389 e. The highest BCUT2D eigenvalue weighted by Gasteiger charge is 2.19. The second kappa shape index (κ2) is 5.05. The Morgan fingerprint density at radius 1 is 1.35 bits per heavy atom. The average molecular weight is 239 g/mol. The van der Waals surface area contributed by atoms with Gasteiger partial charge in [-0.1, -0.05) is 26.8 Å². The first-order chi connectivity index (χ1) is 7.72. The third-order valence-corrected chi connectivity index (χ3v) is 2.57. The number of benzene rings is 1. The number of aliphatic hydroxyl groups is 1. The zero-order valence-electron chi connectivity index (χ0n) is 11.3. The van der Waals surface area contributed by atoms with Crippen LogP contribution in [0.3, 0.4) is 0 Å². The maximum atomic E-state index is 13.7. The van der Waals surface area contributed by atoms with E-state index in [-0.39, 0.29) is 11.2 Å². The van der Waals surface area contributed by atoms with Crippen molar-refractivity contribution in [3.63, 3.8) is 0 Å². The Balaban J connectivity index is 3.09. The standard InChI is InChI=1S/C14H22FNO/c1-10(17)13-11(15)7-6-8-12(13)16(5)9-14(2,3)4/h6-8,10,17H,9H2,1-5H3/t10-/m1/s1. The molecule has 96 valence electrons. The van der Waals surface area contributed by atoms with Gasteiger partial charge in [-0.05, 0) is 24.5 Å². The topological polar surface area (TPSA) is 23.5 Å². The highest BCUT2D eigenvalue weighted by Crippen LogP contribution is 2.30. The Labute approximate surface area is 103 Å². The minimum absolute atomic E-state index is 0.122. The molecule has 1 atom stereocenters. The van der Waals surface area contributed by atoms with Gasteiger partial charge >= 0.3 is 0 Å². The van der Waals surface area contributed by atoms with E-state index in [9.17, 15) is 9.50 Å². The van der Waals surface area contributed by atoms with Gasteiger partial charge in [-0.3, -0.25) is 0 Å². The van der Waals surface area contributed by atoms with Crippen molar-refractivity contribution >= 4 is 5.69 Å². The number of nitrogens with zero attached hydrogens (tertiary/aromatic N) is 1. The molecule has 0 aliphatic rings. The van der Waals surface area contributed by atoms with Gasteiger partial charge in [0.1, 0.15) is 5.82 Å². The van der Waals surface area contributed by atoms with Gasteiger partial charge < -0.3 is 10.0 Å².